The summed E-state index contributed by atoms with van der Waals surface area (Å²) in [5, 5.41) is 2.56. The highest BCUT2D eigenvalue weighted by Gasteiger charge is 2.16. The van der Waals surface area contributed by atoms with E-state index in [0.29, 0.717) is 12.1 Å². The molecule has 1 unspecified atom stereocenters. The van der Waals surface area contributed by atoms with E-state index < -0.39 is 15.9 Å². The highest BCUT2D eigenvalue weighted by molar-refractivity contribution is 7.89. The Morgan fingerprint density at radius 1 is 1.33 bits per heavy atom. The predicted molar refractivity (Wildman–Crippen MR) is 79.7 cm³/mol. The van der Waals surface area contributed by atoms with Crippen molar-refractivity contribution in [2.75, 3.05) is 18.8 Å². The molecule has 1 rings (SSSR count). The molecule has 0 spiro atoms. The van der Waals surface area contributed by atoms with Gasteiger partial charge in [-0.3, -0.25) is 4.79 Å². The number of sulfonamides is 1. The van der Waals surface area contributed by atoms with Crippen LogP contribution in [-0.4, -0.2) is 33.2 Å². The van der Waals surface area contributed by atoms with E-state index in [1.54, 1.807) is 32.0 Å². The number of amides is 1. The summed E-state index contributed by atoms with van der Waals surface area (Å²) < 4.78 is 38.6. The van der Waals surface area contributed by atoms with Gasteiger partial charge in [0.05, 0.1) is 5.75 Å². The first-order valence-corrected chi connectivity index (χ1v) is 8.49. The fourth-order valence-corrected chi connectivity index (χ4v) is 2.82. The van der Waals surface area contributed by atoms with Gasteiger partial charge >= 0.3 is 0 Å². The summed E-state index contributed by atoms with van der Waals surface area (Å²) in [7, 11) is -3.34. The molecule has 0 saturated heterocycles. The molecule has 0 aliphatic carbocycles. The van der Waals surface area contributed by atoms with Crippen molar-refractivity contribution in [2.45, 2.75) is 20.3 Å². The van der Waals surface area contributed by atoms with Crippen LogP contribution in [0.5, 0.6) is 0 Å². The van der Waals surface area contributed by atoms with Gasteiger partial charge in [0.15, 0.2) is 0 Å². The molecule has 1 atom stereocenters. The number of carbonyl (C=O) groups is 1. The van der Waals surface area contributed by atoms with Crippen molar-refractivity contribution < 1.29 is 17.6 Å². The predicted octanol–water partition coefficient (Wildman–Crippen LogP) is 1.06. The Balaban J connectivity index is 2.44. The molecule has 0 aliphatic rings. The molecule has 7 heteroatoms. The maximum absolute atomic E-state index is 13.5. The van der Waals surface area contributed by atoms with Crippen LogP contribution in [0.4, 0.5) is 4.39 Å². The molecule has 0 bridgehead atoms. The van der Waals surface area contributed by atoms with Crippen LogP contribution < -0.4 is 10.0 Å². The minimum Gasteiger partial charge on any atom is -0.355 e. The Labute approximate surface area is 125 Å². The Morgan fingerprint density at radius 2 is 2.00 bits per heavy atom. The largest absolute Gasteiger partial charge is 0.355 e. The standard InChI is InChI=1S/C14H21FN2O3S/c1-3-17-21(19,20)9-8-16-14(18)11(2)10-12-6-4-5-7-13(12)15/h4-7,11,17H,3,8-10H2,1-2H3,(H,16,18). The van der Waals surface area contributed by atoms with Crippen molar-refractivity contribution in [2.24, 2.45) is 5.92 Å². The summed E-state index contributed by atoms with van der Waals surface area (Å²) >= 11 is 0. The molecular formula is C14H21FN2O3S. The third-order valence-corrected chi connectivity index (χ3v) is 4.44. The van der Waals surface area contributed by atoms with E-state index in [0.717, 1.165) is 0 Å². The van der Waals surface area contributed by atoms with Gasteiger partial charge in [-0.15, -0.1) is 0 Å². The number of carbonyl (C=O) groups excluding carboxylic acids is 1. The SMILES string of the molecule is CCNS(=O)(=O)CCNC(=O)C(C)Cc1ccccc1F. The molecule has 0 fully saturated rings. The second-order valence-electron chi connectivity index (χ2n) is 4.80. The van der Waals surface area contributed by atoms with Gasteiger partial charge < -0.3 is 5.32 Å². The van der Waals surface area contributed by atoms with Crippen LogP contribution in [0.3, 0.4) is 0 Å². The third kappa shape index (κ3) is 6.22. The number of rotatable bonds is 8. The molecule has 21 heavy (non-hydrogen) atoms. The fraction of sp³-hybridized carbons (Fsp3) is 0.500. The van der Waals surface area contributed by atoms with E-state index in [9.17, 15) is 17.6 Å². The molecule has 118 valence electrons. The summed E-state index contributed by atoms with van der Waals surface area (Å²) in [6.07, 6.45) is 0.276. The average Bonchev–Trinajstić information content (AvgIpc) is 2.40. The Bertz CT molecular complexity index is 575. The lowest BCUT2D eigenvalue weighted by molar-refractivity contribution is -0.124. The topological polar surface area (TPSA) is 75.3 Å². The average molecular weight is 316 g/mol. The van der Waals surface area contributed by atoms with Gasteiger partial charge in [-0.05, 0) is 18.1 Å². The molecule has 0 saturated carbocycles. The van der Waals surface area contributed by atoms with Crippen LogP contribution in [0.25, 0.3) is 0 Å². The smallest absolute Gasteiger partial charge is 0.223 e. The van der Waals surface area contributed by atoms with Crippen molar-refractivity contribution in [3.63, 3.8) is 0 Å². The maximum atomic E-state index is 13.5. The molecule has 1 aromatic rings. The van der Waals surface area contributed by atoms with Gasteiger partial charge in [0.1, 0.15) is 5.82 Å². The first-order valence-electron chi connectivity index (χ1n) is 6.84. The summed E-state index contributed by atoms with van der Waals surface area (Å²) in [6, 6.07) is 6.29. The molecule has 1 aromatic carbocycles. The number of benzene rings is 1. The summed E-state index contributed by atoms with van der Waals surface area (Å²) in [5.74, 6) is -1.22. The van der Waals surface area contributed by atoms with Gasteiger partial charge in [0, 0.05) is 19.0 Å². The summed E-state index contributed by atoms with van der Waals surface area (Å²) in [6.45, 7) is 3.73. The van der Waals surface area contributed by atoms with Gasteiger partial charge in [-0.2, -0.15) is 0 Å². The van der Waals surface area contributed by atoms with Gasteiger partial charge in [0.2, 0.25) is 15.9 Å². The fourth-order valence-electron chi connectivity index (χ4n) is 1.86. The first-order chi connectivity index (χ1) is 9.85. The molecule has 0 radical (unpaired) electrons. The second kappa shape index (κ2) is 8.09. The lowest BCUT2D eigenvalue weighted by Crippen LogP contribution is -2.37. The quantitative estimate of drug-likeness (QED) is 0.753. The van der Waals surface area contributed by atoms with Gasteiger partial charge in [-0.1, -0.05) is 32.0 Å². The lowest BCUT2D eigenvalue weighted by Gasteiger charge is -2.13. The van der Waals surface area contributed by atoms with E-state index in [2.05, 4.69) is 10.0 Å². The molecular weight excluding hydrogens is 295 g/mol. The van der Waals surface area contributed by atoms with Crippen molar-refractivity contribution in [3.05, 3.63) is 35.6 Å². The Hall–Kier alpha value is -1.47. The Kier molecular flexibility index (Phi) is 6.77. The van der Waals surface area contributed by atoms with Crippen LogP contribution >= 0.6 is 0 Å². The minimum atomic E-state index is -3.34. The highest BCUT2D eigenvalue weighted by atomic mass is 32.2. The number of halogens is 1. The molecule has 0 aliphatic heterocycles. The van der Waals surface area contributed by atoms with E-state index in [4.69, 9.17) is 0 Å². The highest BCUT2D eigenvalue weighted by Crippen LogP contribution is 2.12. The van der Waals surface area contributed by atoms with Crippen LogP contribution in [0.1, 0.15) is 19.4 Å². The van der Waals surface area contributed by atoms with Crippen LogP contribution in [0, 0.1) is 11.7 Å². The number of nitrogens with one attached hydrogen (secondary N) is 2. The van der Waals surface area contributed by atoms with Crippen molar-refractivity contribution in [1.82, 2.24) is 10.0 Å². The third-order valence-electron chi connectivity index (χ3n) is 2.97. The molecule has 5 nitrogen and oxygen atoms in total. The van der Waals surface area contributed by atoms with Crippen molar-refractivity contribution in [1.29, 1.82) is 0 Å². The summed E-state index contributed by atoms with van der Waals surface area (Å²) in [5.41, 5.74) is 0.473. The second-order valence-corrected chi connectivity index (χ2v) is 6.73. The molecule has 0 heterocycles. The van der Waals surface area contributed by atoms with Gasteiger partial charge in [0.25, 0.3) is 0 Å². The molecule has 2 N–H and O–H groups in total. The molecule has 0 aromatic heterocycles. The van der Waals surface area contributed by atoms with Crippen molar-refractivity contribution in [3.8, 4) is 0 Å². The van der Waals surface area contributed by atoms with Crippen LogP contribution in [0.15, 0.2) is 24.3 Å². The first kappa shape index (κ1) is 17.6. The number of hydrogen-bond donors (Lipinski definition) is 2. The Morgan fingerprint density at radius 3 is 2.62 bits per heavy atom. The normalized spacial score (nSPS) is 12.9. The maximum Gasteiger partial charge on any atom is 0.223 e. The molecule has 1 amide bonds. The van der Waals surface area contributed by atoms with E-state index in [1.807, 2.05) is 0 Å². The van der Waals surface area contributed by atoms with Crippen molar-refractivity contribution >= 4 is 15.9 Å². The van der Waals surface area contributed by atoms with E-state index >= 15 is 0 Å². The van der Waals surface area contributed by atoms with Gasteiger partial charge in [-0.25, -0.2) is 17.5 Å². The lowest BCUT2D eigenvalue weighted by atomic mass is 10.00. The zero-order chi connectivity index (χ0) is 15.9. The van der Waals surface area contributed by atoms with E-state index in [1.165, 1.54) is 6.07 Å². The van der Waals surface area contributed by atoms with E-state index in [-0.39, 0.29) is 30.4 Å². The zero-order valence-corrected chi connectivity index (χ0v) is 13.0. The number of hydrogen-bond acceptors (Lipinski definition) is 3. The minimum absolute atomic E-state index is 0.0375. The summed E-state index contributed by atoms with van der Waals surface area (Å²) in [4.78, 5) is 11.9. The zero-order valence-electron chi connectivity index (χ0n) is 12.2. The van der Waals surface area contributed by atoms with Crippen LogP contribution in [0.2, 0.25) is 0 Å². The van der Waals surface area contributed by atoms with Crippen LogP contribution in [-0.2, 0) is 21.2 Å². The monoisotopic (exact) mass is 316 g/mol.